The van der Waals surface area contributed by atoms with Crippen LogP contribution in [-0.4, -0.2) is 30.9 Å². The zero-order chi connectivity index (χ0) is 16.1. The zero-order valence-corrected chi connectivity index (χ0v) is 13.5. The summed E-state index contributed by atoms with van der Waals surface area (Å²) in [5.74, 6) is 0.513. The summed E-state index contributed by atoms with van der Waals surface area (Å²) in [7, 11) is 1.77. The minimum atomic E-state index is 0.00734. The first-order chi connectivity index (χ1) is 10.5. The van der Waals surface area contributed by atoms with E-state index in [-0.39, 0.29) is 5.91 Å². The first-order valence-electron chi connectivity index (χ1n) is 7.69. The highest BCUT2D eigenvalue weighted by Crippen LogP contribution is 2.24. The summed E-state index contributed by atoms with van der Waals surface area (Å²) in [5.41, 5.74) is 9.81. The van der Waals surface area contributed by atoms with E-state index in [1.54, 1.807) is 11.9 Å². The molecule has 1 amide bonds. The molecule has 22 heavy (non-hydrogen) atoms. The van der Waals surface area contributed by atoms with E-state index in [0.29, 0.717) is 24.6 Å². The van der Waals surface area contributed by atoms with Gasteiger partial charge in [-0.2, -0.15) is 0 Å². The van der Waals surface area contributed by atoms with E-state index in [2.05, 4.69) is 38.1 Å². The minimum absolute atomic E-state index is 0.00734. The molecule has 2 aromatic rings. The molecule has 3 nitrogen and oxygen atoms in total. The third-order valence-corrected chi connectivity index (χ3v) is 3.83. The van der Waals surface area contributed by atoms with Gasteiger partial charge in [-0.15, -0.1) is 0 Å². The van der Waals surface area contributed by atoms with Crippen LogP contribution < -0.4 is 5.73 Å². The van der Waals surface area contributed by atoms with Crippen LogP contribution in [0.2, 0.25) is 0 Å². The Morgan fingerprint density at radius 2 is 1.77 bits per heavy atom. The summed E-state index contributed by atoms with van der Waals surface area (Å²) >= 11 is 0. The molecule has 0 atom stereocenters. The summed E-state index contributed by atoms with van der Waals surface area (Å²) in [4.78, 5) is 13.8. The normalized spacial score (nSPS) is 10.8. The fourth-order valence-corrected chi connectivity index (χ4v) is 2.40. The molecule has 0 bridgehead atoms. The van der Waals surface area contributed by atoms with E-state index < -0.39 is 0 Å². The van der Waals surface area contributed by atoms with Gasteiger partial charge in [-0.3, -0.25) is 4.79 Å². The quantitative estimate of drug-likeness (QED) is 0.917. The summed E-state index contributed by atoms with van der Waals surface area (Å²) < 4.78 is 0. The lowest BCUT2D eigenvalue weighted by Gasteiger charge is -2.16. The van der Waals surface area contributed by atoms with E-state index in [0.717, 1.165) is 5.56 Å². The third kappa shape index (κ3) is 3.74. The summed E-state index contributed by atoms with van der Waals surface area (Å²) in [6, 6.07) is 16.3. The van der Waals surface area contributed by atoms with Crippen molar-refractivity contribution in [3.8, 4) is 11.1 Å². The van der Waals surface area contributed by atoms with Crippen LogP contribution >= 0.6 is 0 Å². The summed E-state index contributed by atoms with van der Waals surface area (Å²) in [6.45, 7) is 5.42. The number of amides is 1. The second kappa shape index (κ2) is 7.23. The number of carbonyl (C=O) groups excluding carboxylic acids is 1. The predicted molar refractivity (Wildman–Crippen MR) is 92.0 cm³/mol. The van der Waals surface area contributed by atoms with Gasteiger partial charge in [0, 0.05) is 25.7 Å². The molecule has 0 heterocycles. The molecule has 2 N–H and O–H groups in total. The molecule has 3 heteroatoms. The molecular weight excluding hydrogens is 272 g/mol. The van der Waals surface area contributed by atoms with Crippen molar-refractivity contribution in [3.63, 3.8) is 0 Å². The Hall–Kier alpha value is -2.13. The standard InChI is InChI=1S/C19H24N2O/c1-14(2)17-5-4-6-18(13-17)15-7-9-16(10-8-15)19(22)21(3)12-11-20/h4-10,13-14H,11-12,20H2,1-3H3. The maximum absolute atomic E-state index is 12.2. The topological polar surface area (TPSA) is 46.3 Å². The minimum Gasteiger partial charge on any atom is -0.340 e. The second-order valence-corrected chi connectivity index (χ2v) is 5.87. The number of hydrogen-bond acceptors (Lipinski definition) is 2. The summed E-state index contributed by atoms with van der Waals surface area (Å²) in [6.07, 6.45) is 0. The van der Waals surface area contributed by atoms with E-state index >= 15 is 0 Å². The fourth-order valence-electron chi connectivity index (χ4n) is 2.40. The van der Waals surface area contributed by atoms with Crippen molar-refractivity contribution >= 4 is 5.91 Å². The maximum Gasteiger partial charge on any atom is 0.253 e. The van der Waals surface area contributed by atoms with E-state index in [1.165, 1.54) is 11.1 Å². The van der Waals surface area contributed by atoms with Crippen molar-refractivity contribution in [3.05, 3.63) is 59.7 Å². The van der Waals surface area contributed by atoms with Crippen LogP contribution in [0.25, 0.3) is 11.1 Å². The Morgan fingerprint density at radius 1 is 1.09 bits per heavy atom. The van der Waals surface area contributed by atoms with Crippen molar-refractivity contribution in [2.45, 2.75) is 19.8 Å². The molecule has 0 aliphatic rings. The Morgan fingerprint density at radius 3 is 2.36 bits per heavy atom. The van der Waals surface area contributed by atoms with E-state index in [1.807, 2.05) is 24.3 Å². The largest absolute Gasteiger partial charge is 0.340 e. The smallest absolute Gasteiger partial charge is 0.253 e. The van der Waals surface area contributed by atoms with Crippen LogP contribution in [0, 0.1) is 0 Å². The number of carbonyl (C=O) groups is 1. The number of hydrogen-bond donors (Lipinski definition) is 1. The zero-order valence-electron chi connectivity index (χ0n) is 13.5. The molecular formula is C19H24N2O. The Balaban J connectivity index is 2.22. The molecule has 0 unspecified atom stereocenters. The van der Waals surface area contributed by atoms with Gasteiger partial charge < -0.3 is 10.6 Å². The highest BCUT2D eigenvalue weighted by Gasteiger charge is 2.11. The average Bonchev–Trinajstić information content (AvgIpc) is 2.54. The molecule has 116 valence electrons. The van der Waals surface area contributed by atoms with Gasteiger partial charge in [-0.1, -0.05) is 50.2 Å². The van der Waals surface area contributed by atoms with Gasteiger partial charge in [0.05, 0.1) is 0 Å². The van der Waals surface area contributed by atoms with Gasteiger partial charge in [0.25, 0.3) is 5.91 Å². The van der Waals surface area contributed by atoms with Crippen molar-refractivity contribution in [2.24, 2.45) is 5.73 Å². The van der Waals surface area contributed by atoms with Gasteiger partial charge in [0.1, 0.15) is 0 Å². The number of nitrogens with zero attached hydrogens (tertiary/aromatic N) is 1. The molecule has 2 aromatic carbocycles. The van der Waals surface area contributed by atoms with Crippen molar-refractivity contribution in [1.82, 2.24) is 4.90 Å². The van der Waals surface area contributed by atoms with Crippen LogP contribution in [0.4, 0.5) is 0 Å². The number of nitrogens with two attached hydrogens (primary N) is 1. The molecule has 0 aliphatic heterocycles. The van der Waals surface area contributed by atoms with Gasteiger partial charge >= 0.3 is 0 Å². The molecule has 0 fully saturated rings. The van der Waals surface area contributed by atoms with Crippen LogP contribution in [0.3, 0.4) is 0 Å². The molecule has 0 saturated heterocycles. The van der Waals surface area contributed by atoms with Crippen LogP contribution in [-0.2, 0) is 0 Å². The van der Waals surface area contributed by atoms with E-state index in [9.17, 15) is 4.79 Å². The van der Waals surface area contributed by atoms with Gasteiger partial charge in [0.2, 0.25) is 0 Å². The van der Waals surface area contributed by atoms with Gasteiger partial charge in [-0.05, 0) is 34.7 Å². The molecule has 2 rings (SSSR count). The average molecular weight is 296 g/mol. The lowest BCUT2D eigenvalue weighted by molar-refractivity contribution is 0.0799. The number of rotatable bonds is 5. The fraction of sp³-hybridized carbons (Fsp3) is 0.316. The Labute approximate surface area is 132 Å². The predicted octanol–water partition coefficient (Wildman–Crippen LogP) is 3.51. The van der Waals surface area contributed by atoms with Crippen molar-refractivity contribution in [1.29, 1.82) is 0 Å². The van der Waals surface area contributed by atoms with Gasteiger partial charge in [-0.25, -0.2) is 0 Å². The Bertz CT molecular complexity index is 632. The number of benzene rings is 2. The highest BCUT2D eigenvalue weighted by atomic mass is 16.2. The van der Waals surface area contributed by atoms with Crippen molar-refractivity contribution < 1.29 is 4.79 Å². The molecule has 0 saturated carbocycles. The second-order valence-electron chi connectivity index (χ2n) is 5.87. The lowest BCUT2D eigenvalue weighted by atomic mass is 9.97. The van der Waals surface area contributed by atoms with Crippen LogP contribution in [0.15, 0.2) is 48.5 Å². The van der Waals surface area contributed by atoms with Crippen LogP contribution in [0.1, 0.15) is 35.7 Å². The lowest BCUT2D eigenvalue weighted by Crippen LogP contribution is -2.31. The van der Waals surface area contributed by atoms with Gasteiger partial charge in [0.15, 0.2) is 0 Å². The molecule has 0 aromatic heterocycles. The Kier molecular flexibility index (Phi) is 5.34. The molecule has 0 aliphatic carbocycles. The monoisotopic (exact) mass is 296 g/mol. The SMILES string of the molecule is CC(C)c1cccc(-c2ccc(C(=O)N(C)CCN)cc2)c1. The van der Waals surface area contributed by atoms with E-state index in [4.69, 9.17) is 5.73 Å². The molecule has 0 spiro atoms. The maximum atomic E-state index is 12.2. The van der Waals surface area contributed by atoms with Crippen molar-refractivity contribution in [2.75, 3.05) is 20.1 Å². The first kappa shape index (κ1) is 16.2. The molecule has 0 radical (unpaired) electrons. The summed E-state index contributed by atoms with van der Waals surface area (Å²) in [5, 5.41) is 0. The van der Waals surface area contributed by atoms with Crippen LogP contribution in [0.5, 0.6) is 0 Å². The highest BCUT2D eigenvalue weighted by molar-refractivity contribution is 5.94. The third-order valence-electron chi connectivity index (χ3n) is 3.83. The first-order valence-corrected chi connectivity index (χ1v) is 7.69. The number of likely N-dealkylation sites (N-methyl/N-ethyl adjacent to an activating group) is 1.